The highest BCUT2D eigenvalue weighted by Gasteiger charge is 2.30. The largest absolute Gasteiger partial charge is 0.416 e. The molecule has 0 spiro atoms. The fourth-order valence-corrected chi connectivity index (χ4v) is 2.88. The average Bonchev–Trinajstić information content (AvgIpc) is 3.18. The number of aromatic nitrogens is 1. The summed E-state index contributed by atoms with van der Waals surface area (Å²) >= 11 is 0.962. The van der Waals surface area contributed by atoms with E-state index in [9.17, 15) is 23.2 Å². The van der Waals surface area contributed by atoms with Crippen molar-refractivity contribution in [2.24, 2.45) is 10.2 Å². The third-order valence-corrected chi connectivity index (χ3v) is 4.42. The summed E-state index contributed by atoms with van der Waals surface area (Å²) < 4.78 is 38.2. The molecular formula is C20H12F3N5OS. The Morgan fingerprint density at radius 2 is 1.90 bits per heavy atom. The van der Waals surface area contributed by atoms with Crippen molar-refractivity contribution in [1.29, 1.82) is 5.26 Å². The predicted octanol–water partition coefficient (Wildman–Crippen LogP) is 6.12. The summed E-state index contributed by atoms with van der Waals surface area (Å²) in [5.74, 6) is -0.642. The van der Waals surface area contributed by atoms with E-state index in [1.807, 2.05) is 12.1 Å². The summed E-state index contributed by atoms with van der Waals surface area (Å²) in [5, 5.41) is 19.8. The van der Waals surface area contributed by atoms with Crippen molar-refractivity contribution in [2.45, 2.75) is 6.18 Å². The molecule has 1 aromatic heterocycles. The van der Waals surface area contributed by atoms with Gasteiger partial charge >= 0.3 is 6.18 Å². The SMILES string of the molecule is N#C/C(=C/c1ccccc1)C(=O)Nc1ncc(N=Nc2cccc(C(F)(F)F)c2)s1. The molecule has 0 atom stereocenters. The summed E-state index contributed by atoms with van der Waals surface area (Å²) in [4.78, 5) is 16.2. The zero-order valence-corrected chi connectivity index (χ0v) is 15.9. The maximum absolute atomic E-state index is 12.7. The van der Waals surface area contributed by atoms with Crippen LogP contribution in [0.5, 0.6) is 0 Å². The smallest absolute Gasteiger partial charge is 0.297 e. The minimum absolute atomic E-state index is 0.0290. The van der Waals surface area contributed by atoms with E-state index in [1.54, 1.807) is 24.3 Å². The van der Waals surface area contributed by atoms with Gasteiger partial charge < -0.3 is 0 Å². The van der Waals surface area contributed by atoms with E-state index in [0.717, 1.165) is 23.5 Å². The van der Waals surface area contributed by atoms with E-state index in [-0.39, 0.29) is 21.4 Å². The first-order valence-electron chi connectivity index (χ1n) is 8.38. The molecule has 0 aliphatic rings. The topological polar surface area (TPSA) is 90.5 Å². The molecule has 1 amide bonds. The molecule has 10 heteroatoms. The Labute approximate surface area is 173 Å². The third kappa shape index (κ3) is 5.59. The number of hydrogen-bond donors (Lipinski definition) is 1. The lowest BCUT2D eigenvalue weighted by atomic mass is 10.1. The Bertz CT molecular complexity index is 1150. The van der Waals surface area contributed by atoms with Crippen LogP contribution in [0.3, 0.4) is 0 Å². The summed E-state index contributed by atoms with van der Waals surface area (Å²) in [5.41, 5.74) is -0.214. The highest BCUT2D eigenvalue weighted by molar-refractivity contribution is 7.19. The second-order valence-electron chi connectivity index (χ2n) is 5.79. The van der Waals surface area contributed by atoms with Crippen LogP contribution >= 0.6 is 11.3 Å². The Balaban J connectivity index is 1.69. The molecule has 3 aromatic rings. The van der Waals surface area contributed by atoms with Crippen molar-refractivity contribution in [3.05, 3.63) is 77.5 Å². The van der Waals surface area contributed by atoms with Gasteiger partial charge in [-0.1, -0.05) is 47.7 Å². The van der Waals surface area contributed by atoms with Crippen molar-refractivity contribution < 1.29 is 18.0 Å². The standard InChI is InChI=1S/C20H12F3N5OS/c21-20(22,23)15-7-4-8-16(10-15)27-28-17-12-25-19(30-17)26-18(29)14(11-24)9-13-5-2-1-3-6-13/h1-10,12H,(H,25,26,29)/b14-9-,28-27?. The maximum Gasteiger partial charge on any atom is 0.416 e. The minimum Gasteiger partial charge on any atom is -0.297 e. The molecule has 30 heavy (non-hydrogen) atoms. The van der Waals surface area contributed by atoms with Crippen molar-refractivity contribution in [3.63, 3.8) is 0 Å². The van der Waals surface area contributed by atoms with Gasteiger partial charge in [0.2, 0.25) is 0 Å². The lowest BCUT2D eigenvalue weighted by Gasteiger charge is -2.05. The number of azo groups is 1. The van der Waals surface area contributed by atoms with Gasteiger partial charge in [-0.25, -0.2) is 4.98 Å². The van der Waals surface area contributed by atoms with Gasteiger partial charge in [0.25, 0.3) is 5.91 Å². The van der Waals surface area contributed by atoms with E-state index in [1.165, 1.54) is 24.4 Å². The maximum atomic E-state index is 12.7. The van der Waals surface area contributed by atoms with Crippen LogP contribution in [0, 0.1) is 11.3 Å². The fourth-order valence-electron chi connectivity index (χ4n) is 2.25. The van der Waals surface area contributed by atoms with E-state index >= 15 is 0 Å². The van der Waals surface area contributed by atoms with Crippen molar-refractivity contribution in [1.82, 2.24) is 4.98 Å². The highest BCUT2D eigenvalue weighted by Crippen LogP contribution is 2.33. The van der Waals surface area contributed by atoms with Crippen LogP contribution < -0.4 is 5.32 Å². The van der Waals surface area contributed by atoms with Crippen molar-refractivity contribution in [3.8, 4) is 6.07 Å². The molecule has 0 saturated heterocycles. The second kappa shape index (κ2) is 9.11. The van der Waals surface area contributed by atoms with E-state index in [2.05, 4.69) is 20.5 Å². The predicted molar refractivity (Wildman–Crippen MR) is 106 cm³/mol. The van der Waals surface area contributed by atoms with Gasteiger partial charge in [-0.05, 0) is 29.8 Å². The number of rotatable bonds is 5. The van der Waals surface area contributed by atoms with Crippen LogP contribution in [0.1, 0.15) is 11.1 Å². The van der Waals surface area contributed by atoms with Gasteiger partial charge in [0.1, 0.15) is 11.6 Å². The van der Waals surface area contributed by atoms with Gasteiger partial charge in [-0.3, -0.25) is 10.1 Å². The molecule has 3 rings (SSSR count). The van der Waals surface area contributed by atoms with Crippen LogP contribution in [0.4, 0.5) is 29.0 Å². The number of hydrogen-bond acceptors (Lipinski definition) is 6. The summed E-state index contributed by atoms with van der Waals surface area (Å²) in [7, 11) is 0. The van der Waals surface area contributed by atoms with Crippen molar-refractivity contribution in [2.75, 3.05) is 5.32 Å². The van der Waals surface area contributed by atoms with E-state index < -0.39 is 17.6 Å². The number of carbonyl (C=O) groups excluding carboxylic acids is 1. The van der Waals surface area contributed by atoms with Gasteiger partial charge in [0.15, 0.2) is 10.1 Å². The monoisotopic (exact) mass is 427 g/mol. The Morgan fingerprint density at radius 3 is 2.60 bits per heavy atom. The number of nitrogens with zero attached hydrogens (tertiary/aromatic N) is 4. The second-order valence-corrected chi connectivity index (χ2v) is 6.80. The molecule has 0 fully saturated rings. The normalized spacial score (nSPS) is 12.0. The molecule has 1 N–H and O–H groups in total. The number of anilines is 1. The van der Waals surface area contributed by atoms with Crippen LogP contribution in [0.2, 0.25) is 0 Å². The molecule has 0 unspecified atom stereocenters. The van der Waals surface area contributed by atoms with Crippen LogP contribution in [-0.4, -0.2) is 10.9 Å². The Hall–Kier alpha value is -3.84. The number of carbonyl (C=O) groups is 1. The molecule has 1 heterocycles. The van der Waals surface area contributed by atoms with Gasteiger partial charge in [-0.2, -0.15) is 18.4 Å². The van der Waals surface area contributed by atoms with Crippen molar-refractivity contribution >= 4 is 39.1 Å². The zero-order valence-electron chi connectivity index (χ0n) is 15.1. The van der Waals surface area contributed by atoms with E-state index in [4.69, 9.17) is 0 Å². The molecule has 150 valence electrons. The van der Waals surface area contributed by atoms with E-state index in [0.29, 0.717) is 5.56 Å². The third-order valence-electron chi connectivity index (χ3n) is 3.63. The average molecular weight is 427 g/mol. The summed E-state index contributed by atoms with van der Waals surface area (Å²) in [6.45, 7) is 0. The minimum atomic E-state index is -4.47. The Morgan fingerprint density at radius 1 is 1.13 bits per heavy atom. The molecule has 0 saturated carbocycles. The number of amides is 1. The highest BCUT2D eigenvalue weighted by atomic mass is 32.1. The Kier molecular flexibility index (Phi) is 6.34. The molecule has 0 aliphatic heterocycles. The molecule has 2 aromatic carbocycles. The van der Waals surface area contributed by atoms with Gasteiger partial charge in [-0.15, -0.1) is 10.2 Å². The molecule has 6 nitrogen and oxygen atoms in total. The lowest BCUT2D eigenvalue weighted by molar-refractivity contribution is -0.137. The van der Waals surface area contributed by atoms with Crippen LogP contribution in [0.15, 0.2) is 76.6 Å². The number of benzene rings is 2. The number of thiazole rings is 1. The number of nitriles is 1. The number of alkyl halides is 3. The van der Waals surface area contributed by atoms with Crippen LogP contribution in [-0.2, 0) is 11.0 Å². The summed E-state index contributed by atoms with van der Waals surface area (Å²) in [6, 6.07) is 15.1. The van der Waals surface area contributed by atoms with Gasteiger partial charge in [0.05, 0.1) is 17.4 Å². The fraction of sp³-hybridized carbons (Fsp3) is 0.0500. The number of nitrogens with one attached hydrogen (secondary N) is 1. The molecule has 0 bridgehead atoms. The van der Waals surface area contributed by atoms with Crippen LogP contribution in [0.25, 0.3) is 6.08 Å². The molecular weight excluding hydrogens is 415 g/mol. The lowest BCUT2D eigenvalue weighted by Crippen LogP contribution is -2.13. The number of halogens is 3. The zero-order chi connectivity index (χ0) is 21.6. The first-order chi connectivity index (χ1) is 14.3. The first kappa shape index (κ1) is 20.9. The summed E-state index contributed by atoms with van der Waals surface area (Å²) in [6.07, 6.45) is -1.72. The molecule has 0 radical (unpaired) electrons. The first-order valence-corrected chi connectivity index (χ1v) is 9.20. The molecule has 0 aliphatic carbocycles. The van der Waals surface area contributed by atoms with Gasteiger partial charge in [0, 0.05) is 0 Å². The quantitative estimate of drug-likeness (QED) is 0.302.